The van der Waals surface area contributed by atoms with Crippen molar-refractivity contribution in [3.05, 3.63) is 47.6 Å². The van der Waals surface area contributed by atoms with Crippen LogP contribution in [0.1, 0.15) is 0 Å². The summed E-state index contributed by atoms with van der Waals surface area (Å²) in [5.74, 6) is 0. The van der Waals surface area contributed by atoms with E-state index in [0.29, 0.717) is 11.0 Å². The molecule has 0 bridgehead atoms. The molecule has 2 aromatic rings. The molecular weight excluding hydrogens is 152 g/mol. The molecule has 0 unspecified atom stereocenters. The Balaban J connectivity index is 3.06. The fourth-order valence-corrected chi connectivity index (χ4v) is 1.08. The fraction of sp³-hybridized carbons (Fsp3) is 0. The Hall–Kier alpha value is -1.77. The molecule has 0 aliphatic rings. The van der Waals surface area contributed by atoms with E-state index < -0.39 is 0 Å². The third kappa shape index (κ3) is 1.05. The molecule has 0 aliphatic heterocycles. The number of hydrogen-bond acceptors (Lipinski definition) is 2. The monoisotopic (exact) mass is 159 g/mol. The van der Waals surface area contributed by atoms with Crippen molar-refractivity contribution in [1.82, 2.24) is 4.98 Å². The van der Waals surface area contributed by atoms with Crippen molar-refractivity contribution in [3.63, 3.8) is 0 Å². The van der Waals surface area contributed by atoms with Crippen LogP contribution in [0.2, 0.25) is 0 Å². The molecular formula is C9H7N2O+. The predicted octanol–water partition coefficient (Wildman–Crippen LogP) is 1.15. The van der Waals surface area contributed by atoms with Crippen molar-refractivity contribution in [2.75, 3.05) is 0 Å². The van der Waals surface area contributed by atoms with Crippen LogP contribution in [0.4, 0.5) is 0 Å². The molecule has 0 spiro atoms. The Morgan fingerprint density at radius 2 is 2.00 bits per heavy atom. The molecule has 0 radical (unpaired) electrons. The number of aromatic nitrogens is 2. The first kappa shape index (κ1) is 6.91. The van der Waals surface area contributed by atoms with Crippen LogP contribution in [-0.2, 0) is 0 Å². The van der Waals surface area contributed by atoms with Gasteiger partial charge in [0, 0.05) is 23.2 Å². The molecule has 0 saturated heterocycles. The zero-order valence-corrected chi connectivity index (χ0v) is 6.34. The summed E-state index contributed by atoms with van der Waals surface area (Å²) in [6.07, 6.45) is 3.05. The highest BCUT2D eigenvalue weighted by molar-refractivity contribution is 5.69. The number of hydrogen-bond donors (Lipinski definition) is 0. The lowest BCUT2D eigenvalue weighted by molar-refractivity contribution is -0.463. The molecule has 1 aromatic carbocycles. The van der Waals surface area contributed by atoms with Crippen LogP contribution in [0.3, 0.4) is 0 Å². The van der Waals surface area contributed by atoms with Crippen LogP contribution in [0.5, 0.6) is 0 Å². The highest BCUT2D eigenvalue weighted by Crippen LogP contribution is 2.01. The maximum Gasteiger partial charge on any atom is 0.288 e. The first-order valence-corrected chi connectivity index (χ1v) is 3.64. The normalized spacial score (nSPS) is 10.0. The summed E-state index contributed by atoms with van der Waals surface area (Å²) < 4.78 is 0.808. The summed E-state index contributed by atoms with van der Waals surface area (Å²) in [6.45, 7) is 0. The molecule has 3 nitrogen and oxygen atoms in total. The molecule has 0 aliphatic carbocycles. The Morgan fingerprint density at radius 1 is 1.17 bits per heavy atom. The summed E-state index contributed by atoms with van der Waals surface area (Å²) in [5, 5.41) is 0. The quantitative estimate of drug-likeness (QED) is 0.540. The van der Waals surface area contributed by atoms with Gasteiger partial charge in [-0.25, -0.2) is 4.98 Å². The molecule has 0 fully saturated rings. The molecule has 58 valence electrons. The topological polar surface area (TPSA) is 35.9 Å². The third-order valence-electron chi connectivity index (χ3n) is 1.64. The van der Waals surface area contributed by atoms with Gasteiger partial charge in [0.05, 0.1) is 4.43 Å². The molecule has 0 atom stereocenters. The maximum atomic E-state index is 11.3. The lowest BCUT2D eigenvalue weighted by Gasteiger charge is -1.79. The number of benzene rings is 1. The summed E-state index contributed by atoms with van der Waals surface area (Å²) in [4.78, 5) is 15.3. The van der Waals surface area contributed by atoms with E-state index >= 15 is 0 Å². The summed E-state index contributed by atoms with van der Waals surface area (Å²) in [5.41, 5.74) is 1.29. The second-order valence-electron chi connectivity index (χ2n) is 2.43. The molecule has 0 N–H and O–H groups in total. The summed E-state index contributed by atoms with van der Waals surface area (Å²) in [6, 6.07) is 8.85. The smallest absolute Gasteiger partial charge is 0.249 e. The van der Waals surface area contributed by atoms with Crippen LogP contribution >= 0.6 is 0 Å². The number of nitrogens with zero attached hydrogens (tertiary/aromatic N) is 2. The van der Waals surface area contributed by atoms with Crippen molar-refractivity contribution >= 4 is 11.0 Å². The van der Waals surface area contributed by atoms with E-state index in [9.17, 15) is 4.91 Å². The minimum absolute atomic E-state index is 0.586. The van der Waals surface area contributed by atoms with Gasteiger partial charge in [-0.1, -0.05) is 12.1 Å². The largest absolute Gasteiger partial charge is 0.288 e. The minimum atomic E-state index is 0.586. The third-order valence-corrected chi connectivity index (χ3v) is 1.64. The van der Waals surface area contributed by atoms with Gasteiger partial charge in [-0.05, 0) is 6.07 Å². The minimum Gasteiger partial charge on any atom is -0.249 e. The summed E-state index contributed by atoms with van der Waals surface area (Å²) >= 11 is 0. The lowest BCUT2D eigenvalue weighted by atomic mass is 10.3. The van der Waals surface area contributed by atoms with E-state index in [0.717, 1.165) is 4.43 Å². The SMILES string of the molecule is O=[n+]1cccnc2ccccc21. The maximum absolute atomic E-state index is 11.3. The first-order chi connectivity index (χ1) is 5.88. The van der Waals surface area contributed by atoms with E-state index in [1.165, 1.54) is 6.20 Å². The van der Waals surface area contributed by atoms with E-state index in [2.05, 4.69) is 4.98 Å². The Labute approximate surface area is 68.9 Å². The van der Waals surface area contributed by atoms with Crippen LogP contribution in [0.25, 0.3) is 11.0 Å². The van der Waals surface area contributed by atoms with Gasteiger partial charge >= 0.3 is 0 Å². The van der Waals surface area contributed by atoms with E-state index in [-0.39, 0.29) is 0 Å². The van der Waals surface area contributed by atoms with Gasteiger partial charge in [0.1, 0.15) is 5.52 Å². The van der Waals surface area contributed by atoms with Gasteiger partial charge in [0.25, 0.3) is 5.52 Å². The van der Waals surface area contributed by atoms with E-state index in [4.69, 9.17) is 0 Å². The van der Waals surface area contributed by atoms with Crippen molar-refractivity contribution in [3.8, 4) is 0 Å². The van der Waals surface area contributed by atoms with Gasteiger partial charge in [-0.15, -0.1) is 0 Å². The van der Waals surface area contributed by atoms with Crippen LogP contribution in [0.15, 0.2) is 42.7 Å². The molecule has 1 heterocycles. The number of fused-ring (bicyclic) bond motifs is 1. The molecule has 12 heavy (non-hydrogen) atoms. The lowest BCUT2D eigenvalue weighted by Crippen LogP contribution is -2.10. The molecule has 3 heteroatoms. The highest BCUT2D eigenvalue weighted by atomic mass is 16.3. The molecule has 0 amide bonds. The standard InChI is InChI=1S/C9H7N2O/c12-11-7-3-6-10-8-4-1-2-5-9(8)11/h1-7H/q+1. The van der Waals surface area contributed by atoms with Crippen molar-refractivity contribution < 1.29 is 4.43 Å². The number of para-hydroxylation sites is 2. The van der Waals surface area contributed by atoms with Crippen molar-refractivity contribution in [1.29, 1.82) is 0 Å². The average molecular weight is 159 g/mol. The Kier molecular flexibility index (Phi) is 1.55. The average Bonchev–Trinajstić information content (AvgIpc) is 2.29. The zero-order chi connectivity index (χ0) is 8.39. The van der Waals surface area contributed by atoms with Gasteiger partial charge in [-0.3, -0.25) is 0 Å². The number of rotatable bonds is 0. The van der Waals surface area contributed by atoms with Crippen LogP contribution in [0, 0.1) is 4.91 Å². The molecule has 1 aromatic heterocycles. The fourth-order valence-electron chi connectivity index (χ4n) is 1.08. The van der Waals surface area contributed by atoms with Crippen LogP contribution < -0.4 is 4.43 Å². The summed E-state index contributed by atoms with van der Waals surface area (Å²) in [7, 11) is 0. The second-order valence-corrected chi connectivity index (χ2v) is 2.43. The highest BCUT2D eigenvalue weighted by Gasteiger charge is 2.01. The first-order valence-electron chi connectivity index (χ1n) is 3.64. The predicted molar refractivity (Wildman–Crippen MR) is 45.1 cm³/mol. The van der Waals surface area contributed by atoms with Gasteiger partial charge in [-0.2, -0.15) is 0 Å². The second kappa shape index (κ2) is 2.70. The Bertz CT molecular complexity index is 468. The van der Waals surface area contributed by atoms with Crippen molar-refractivity contribution in [2.24, 2.45) is 0 Å². The van der Waals surface area contributed by atoms with Gasteiger partial charge in [0.15, 0.2) is 0 Å². The van der Waals surface area contributed by atoms with Crippen molar-refractivity contribution in [2.45, 2.75) is 0 Å². The zero-order valence-electron chi connectivity index (χ0n) is 6.34. The van der Waals surface area contributed by atoms with Gasteiger partial charge < -0.3 is 0 Å². The molecule has 2 rings (SSSR count). The molecule has 0 saturated carbocycles. The van der Waals surface area contributed by atoms with Crippen LogP contribution in [-0.4, -0.2) is 4.98 Å². The van der Waals surface area contributed by atoms with Gasteiger partial charge in [0.2, 0.25) is 6.20 Å². The Morgan fingerprint density at radius 3 is 2.92 bits per heavy atom. The van der Waals surface area contributed by atoms with E-state index in [1.54, 1.807) is 18.3 Å². The van der Waals surface area contributed by atoms with E-state index in [1.807, 2.05) is 18.2 Å².